The van der Waals surface area contributed by atoms with E-state index in [1.807, 2.05) is 44.2 Å². The fourth-order valence-corrected chi connectivity index (χ4v) is 5.46. The summed E-state index contributed by atoms with van der Waals surface area (Å²) in [5.74, 6) is -0.749. The van der Waals surface area contributed by atoms with Gasteiger partial charge in [0.25, 0.3) is 0 Å². The monoisotopic (exact) mass is 543 g/mol. The molecular weight excluding hydrogens is 510 g/mol. The van der Waals surface area contributed by atoms with Crippen molar-refractivity contribution in [3.63, 3.8) is 0 Å². The van der Waals surface area contributed by atoms with Gasteiger partial charge in [-0.25, -0.2) is 8.42 Å². The molecule has 0 aromatic heterocycles. The molecule has 0 radical (unpaired) electrons. The topological polar surface area (TPSA) is 86.8 Å². The van der Waals surface area contributed by atoms with Crippen LogP contribution in [0.25, 0.3) is 10.8 Å². The highest BCUT2D eigenvalue weighted by Crippen LogP contribution is 2.23. The first-order valence-corrected chi connectivity index (χ1v) is 14.3. The molecule has 3 aromatic rings. The summed E-state index contributed by atoms with van der Waals surface area (Å²) in [6.07, 6.45) is 2.12. The standard InChI is InChI=1S/C28H34ClN3O4S/c1-4-6-17-30-28(34)26(5-2)32(19-23-13-9-10-14-25(23)29)27(33)20-31(3)37(35,36)24-16-15-21-11-7-8-12-22(21)18-24/h7-16,18,26H,4-6,17,19-20H2,1-3H3,(H,30,34). The third-order valence-electron chi connectivity index (χ3n) is 6.30. The van der Waals surface area contributed by atoms with E-state index in [0.717, 1.165) is 27.9 Å². The van der Waals surface area contributed by atoms with Crippen molar-refractivity contribution in [3.05, 3.63) is 77.3 Å². The van der Waals surface area contributed by atoms with Crippen LogP contribution in [0.5, 0.6) is 0 Å². The second-order valence-electron chi connectivity index (χ2n) is 8.95. The molecule has 0 aliphatic rings. The van der Waals surface area contributed by atoms with E-state index >= 15 is 0 Å². The zero-order valence-electron chi connectivity index (χ0n) is 21.5. The predicted molar refractivity (Wildman–Crippen MR) is 148 cm³/mol. The molecule has 7 nitrogen and oxygen atoms in total. The number of nitrogens with zero attached hydrogens (tertiary/aromatic N) is 2. The molecule has 1 unspecified atom stereocenters. The highest BCUT2D eigenvalue weighted by Gasteiger charge is 2.32. The third-order valence-corrected chi connectivity index (χ3v) is 8.47. The lowest BCUT2D eigenvalue weighted by molar-refractivity contribution is -0.141. The van der Waals surface area contributed by atoms with Gasteiger partial charge in [0.15, 0.2) is 0 Å². The molecule has 3 aromatic carbocycles. The van der Waals surface area contributed by atoms with Gasteiger partial charge >= 0.3 is 0 Å². The number of nitrogens with one attached hydrogen (secondary N) is 1. The molecule has 0 aliphatic carbocycles. The zero-order valence-corrected chi connectivity index (χ0v) is 23.1. The lowest BCUT2D eigenvalue weighted by Crippen LogP contribution is -2.51. The van der Waals surface area contributed by atoms with Gasteiger partial charge in [0.1, 0.15) is 6.04 Å². The smallest absolute Gasteiger partial charge is 0.243 e. The third kappa shape index (κ3) is 7.09. The Labute approximate surface area is 224 Å². The van der Waals surface area contributed by atoms with Crippen LogP contribution < -0.4 is 5.32 Å². The van der Waals surface area contributed by atoms with Gasteiger partial charge in [-0.1, -0.05) is 80.4 Å². The number of amides is 2. The molecule has 0 saturated carbocycles. The number of carbonyl (C=O) groups is 2. The highest BCUT2D eigenvalue weighted by atomic mass is 35.5. The average molecular weight is 544 g/mol. The minimum absolute atomic E-state index is 0.0854. The van der Waals surface area contributed by atoms with Gasteiger partial charge in [0.2, 0.25) is 21.8 Å². The van der Waals surface area contributed by atoms with E-state index in [-0.39, 0.29) is 17.3 Å². The first-order valence-electron chi connectivity index (χ1n) is 12.4. The van der Waals surface area contributed by atoms with Gasteiger partial charge < -0.3 is 10.2 Å². The Morgan fingerprint density at radius 3 is 2.32 bits per heavy atom. The summed E-state index contributed by atoms with van der Waals surface area (Å²) >= 11 is 6.36. The Hall–Kier alpha value is -2.94. The molecule has 1 N–H and O–H groups in total. The summed E-state index contributed by atoms with van der Waals surface area (Å²) in [6, 6.07) is 18.7. The molecule has 37 heavy (non-hydrogen) atoms. The van der Waals surface area contributed by atoms with Crippen molar-refractivity contribution in [2.45, 2.75) is 50.6 Å². The largest absolute Gasteiger partial charge is 0.354 e. The summed E-state index contributed by atoms with van der Waals surface area (Å²) in [7, 11) is -2.58. The van der Waals surface area contributed by atoms with Crippen molar-refractivity contribution in [2.24, 2.45) is 0 Å². The van der Waals surface area contributed by atoms with E-state index in [9.17, 15) is 18.0 Å². The predicted octanol–water partition coefficient (Wildman–Crippen LogP) is 4.84. The number of sulfonamides is 1. The number of hydrogen-bond donors (Lipinski definition) is 1. The second kappa shape index (κ2) is 13.0. The normalized spacial score (nSPS) is 12.5. The van der Waals surface area contributed by atoms with Crippen molar-refractivity contribution in [2.75, 3.05) is 20.1 Å². The van der Waals surface area contributed by atoms with E-state index in [0.29, 0.717) is 23.6 Å². The van der Waals surface area contributed by atoms with Crippen molar-refractivity contribution in [1.29, 1.82) is 0 Å². The van der Waals surface area contributed by atoms with Gasteiger partial charge in [-0.05, 0) is 47.4 Å². The Morgan fingerprint density at radius 2 is 1.65 bits per heavy atom. The fraction of sp³-hybridized carbons (Fsp3) is 0.357. The number of unbranched alkanes of at least 4 members (excludes halogenated alkanes) is 1. The molecule has 0 heterocycles. The summed E-state index contributed by atoms with van der Waals surface area (Å²) in [4.78, 5) is 28.1. The Kier molecular flexibility index (Phi) is 10.1. The number of halogens is 1. The maximum Gasteiger partial charge on any atom is 0.243 e. The lowest BCUT2D eigenvalue weighted by atomic mass is 10.1. The minimum Gasteiger partial charge on any atom is -0.354 e. The summed E-state index contributed by atoms with van der Waals surface area (Å²) in [6.45, 7) is 4.03. The van der Waals surface area contributed by atoms with Gasteiger partial charge in [-0.3, -0.25) is 9.59 Å². The van der Waals surface area contributed by atoms with E-state index in [4.69, 9.17) is 11.6 Å². The van der Waals surface area contributed by atoms with E-state index in [2.05, 4.69) is 5.32 Å². The molecule has 0 bridgehead atoms. The van der Waals surface area contributed by atoms with Gasteiger partial charge in [0.05, 0.1) is 11.4 Å². The molecular formula is C28H34ClN3O4S. The van der Waals surface area contributed by atoms with Crippen LogP contribution >= 0.6 is 11.6 Å². The summed E-state index contributed by atoms with van der Waals surface area (Å²) in [5, 5.41) is 5.08. The SMILES string of the molecule is CCCCNC(=O)C(CC)N(Cc1ccccc1Cl)C(=O)CN(C)S(=O)(=O)c1ccc2ccccc2c1. The second-order valence-corrected chi connectivity index (χ2v) is 11.4. The molecule has 3 rings (SSSR count). The van der Waals surface area contributed by atoms with Crippen LogP contribution in [0.15, 0.2) is 71.6 Å². The van der Waals surface area contributed by atoms with Gasteiger partial charge in [-0.15, -0.1) is 0 Å². The van der Waals surface area contributed by atoms with Crippen LogP contribution in [0.2, 0.25) is 5.02 Å². The maximum atomic E-state index is 13.6. The fourth-order valence-electron chi connectivity index (χ4n) is 4.11. The quantitative estimate of drug-likeness (QED) is 0.331. The van der Waals surface area contributed by atoms with Crippen molar-refractivity contribution < 1.29 is 18.0 Å². The molecule has 0 saturated heterocycles. The van der Waals surface area contributed by atoms with Crippen molar-refractivity contribution in [3.8, 4) is 0 Å². The number of carbonyl (C=O) groups excluding carboxylic acids is 2. The van der Waals surface area contributed by atoms with Gasteiger partial charge in [0, 0.05) is 25.2 Å². The number of benzene rings is 3. The van der Waals surface area contributed by atoms with Crippen LogP contribution in [0.1, 0.15) is 38.7 Å². The molecule has 198 valence electrons. The van der Waals surface area contributed by atoms with Crippen LogP contribution in [-0.2, 0) is 26.2 Å². The molecule has 0 spiro atoms. The lowest BCUT2D eigenvalue weighted by Gasteiger charge is -2.32. The first-order chi connectivity index (χ1) is 17.7. The maximum absolute atomic E-state index is 13.6. The molecule has 1 atom stereocenters. The van der Waals surface area contributed by atoms with Crippen LogP contribution in [-0.4, -0.2) is 55.6 Å². The number of hydrogen-bond acceptors (Lipinski definition) is 4. The Morgan fingerprint density at radius 1 is 0.973 bits per heavy atom. The van der Waals surface area contributed by atoms with Crippen molar-refractivity contribution >= 4 is 44.2 Å². The minimum atomic E-state index is -3.95. The van der Waals surface area contributed by atoms with Crippen molar-refractivity contribution in [1.82, 2.24) is 14.5 Å². The number of rotatable bonds is 12. The van der Waals surface area contributed by atoms with Gasteiger partial charge in [-0.2, -0.15) is 4.31 Å². The van der Waals surface area contributed by atoms with E-state index < -0.39 is 28.5 Å². The number of likely N-dealkylation sites (N-methyl/N-ethyl adjacent to an activating group) is 1. The summed E-state index contributed by atoms with van der Waals surface area (Å²) < 4.78 is 27.7. The highest BCUT2D eigenvalue weighted by molar-refractivity contribution is 7.89. The first kappa shape index (κ1) is 28.6. The van der Waals surface area contributed by atoms with Crippen LogP contribution in [0.3, 0.4) is 0 Å². The number of fused-ring (bicyclic) bond motifs is 1. The van der Waals surface area contributed by atoms with E-state index in [1.165, 1.54) is 18.0 Å². The van der Waals surface area contributed by atoms with Crippen LogP contribution in [0.4, 0.5) is 0 Å². The Bertz CT molecular complexity index is 1350. The van der Waals surface area contributed by atoms with E-state index in [1.54, 1.807) is 30.3 Å². The molecule has 9 heteroatoms. The Balaban J connectivity index is 1.87. The molecule has 0 fully saturated rings. The average Bonchev–Trinajstić information content (AvgIpc) is 2.89. The molecule has 2 amide bonds. The zero-order chi connectivity index (χ0) is 27.0. The van der Waals surface area contributed by atoms with Crippen LogP contribution in [0, 0.1) is 0 Å². The molecule has 0 aliphatic heterocycles. The summed E-state index contributed by atoms with van der Waals surface area (Å²) in [5.41, 5.74) is 0.678.